The number of nitro groups is 1. The quantitative estimate of drug-likeness (QED) is 0.121. The third-order valence-corrected chi connectivity index (χ3v) is 6.09. The molecule has 0 radical (unpaired) electrons. The molecule has 4 N–H and O–H groups in total. The molecule has 1 amide bonds. The van der Waals surface area contributed by atoms with Crippen molar-refractivity contribution < 1.29 is 14.8 Å². The van der Waals surface area contributed by atoms with Crippen molar-refractivity contribution in [3.63, 3.8) is 0 Å². The fraction of sp³-hybridized carbons (Fsp3) is 0.0690. The molecule has 0 saturated heterocycles. The average Bonchev–Trinajstić information content (AvgIpc) is 3.57. The maximum Gasteiger partial charge on any atom is 0.270 e. The summed E-state index contributed by atoms with van der Waals surface area (Å²) in [5.41, 5.74) is 5.28. The van der Waals surface area contributed by atoms with Crippen LogP contribution in [-0.4, -0.2) is 36.6 Å². The molecule has 10 nitrogen and oxygen atoms in total. The van der Waals surface area contributed by atoms with E-state index in [1.807, 2.05) is 60.7 Å². The molecule has 0 aliphatic heterocycles. The van der Waals surface area contributed by atoms with E-state index in [1.165, 1.54) is 19.1 Å². The van der Waals surface area contributed by atoms with Crippen molar-refractivity contribution in [2.45, 2.75) is 13.5 Å². The minimum Gasteiger partial charge on any atom is -0.494 e. The van der Waals surface area contributed by atoms with Crippen LogP contribution in [0.3, 0.4) is 0 Å². The van der Waals surface area contributed by atoms with Crippen LogP contribution in [0.25, 0.3) is 23.1 Å². The van der Waals surface area contributed by atoms with E-state index in [-0.39, 0.29) is 17.5 Å². The lowest BCUT2D eigenvalue weighted by Crippen LogP contribution is -2.18. The maximum atomic E-state index is 11.5. The summed E-state index contributed by atoms with van der Waals surface area (Å²) in [5.74, 6) is -0.278. The Hall–Kier alpha value is -5.51. The number of aliphatic imine (C=N–C) groups is 1. The number of nitrogens with one attached hydrogen (secondary N) is 3. The summed E-state index contributed by atoms with van der Waals surface area (Å²) in [7, 11) is 0. The summed E-state index contributed by atoms with van der Waals surface area (Å²) in [4.78, 5) is 37.1. The molecule has 0 spiro atoms. The highest BCUT2D eigenvalue weighted by molar-refractivity contribution is 6.22. The predicted molar refractivity (Wildman–Crippen MR) is 150 cm³/mol. The van der Waals surface area contributed by atoms with Crippen molar-refractivity contribution >= 4 is 46.0 Å². The van der Waals surface area contributed by atoms with Crippen molar-refractivity contribution in [2.75, 3.05) is 0 Å². The molecule has 0 unspecified atom stereocenters. The Morgan fingerprint density at radius 1 is 1.10 bits per heavy atom. The molecule has 0 aliphatic rings. The summed E-state index contributed by atoms with van der Waals surface area (Å²) < 4.78 is 0. The van der Waals surface area contributed by atoms with E-state index in [2.05, 4.69) is 20.3 Å². The zero-order chi connectivity index (χ0) is 27.4. The van der Waals surface area contributed by atoms with Gasteiger partial charge < -0.3 is 20.4 Å². The van der Waals surface area contributed by atoms with E-state index >= 15 is 0 Å². The fourth-order valence-corrected chi connectivity index (χ4v) is 4.12. The van der Waals surface area contributed by atoms with Crippen molar-refractivity contribution in [2.24, 2.45) is 4.99 Å². The van der Waals surface area contributed by atoms with Gasteiger partial charge in [0.1, 0.15) is 0 Å². The fourth-order valence-electron chi connectivity index (χ4n) is 4.12. The molecule has 5 aromatic rings. The first kappa shape index (κ1) is 25.2. The molecule has 194 valence electrons. The lowest BCUT2D eigenvalue weighted by Gasteiger charge is -2.10. The molecule has 0 saturated carbocycles. The second kappa shape index (κ2) is 10.9. The molecule has 0 atom stereocenters. The Morgan fingerprint density at radius 3 is 2.54 bits per heavy atom. The molecule has 0 fully saturated rings. The van der Waals surface area contributed by atoms with Gasteiger partial charge in [0.15, 0.2) is 5.88 Å². The number of non-ortho nitro benzene ring substituents is 1. The smallest absolute Gasteiger partial charge is 0.270 e. The first-order chi connectivity index (χ1) is 18.9. The molecule has 5 rings (SSSR count). The molecule has 10 heteroatoms. The standard InChI is InChI=1S/C29H24N6O4/c1-18(36)31-15-20-2-7-21(8-3-20)28(27-25-14-24(35(38)39)12-13-26(25)34-29(27)37)33-22-9-4-19(5-10-22)6-11-23-16-30-17-32-23/h2-14,16-17,34,37H,15H2,1H3,(H,30,32)(H,31,36)/b11-6+,33-28?. The monoisotopic (exact) mass is 520 g/mol. The van der Waals surface area contributed by atoms with Crippen LogP contribution in [0, 0.1) is 10.1 Å². The number of hydrogen-bond donors (Lipinski definition) is 4. The summed E-state index contributed by atoms with van der Waals surface area (Å²) in [6.45, 7) is 1.83. The second-order valence-electron chi connectivity index (χ2n) is 8.83. The van der Waals surface area contributed by atoms with Gasteiger partial charge in [0.25, 0.3) is 5.69 Å². The number of amides is 1. The predicted octanol–water partition coefficient (Wildman–Crippen LogP) is 5.48. The number of imidazole rings is 1. The third-order valence-electron chi connectivity index (χ3n) is 6.09. The number of carbonyl (C=O) groups excluding carboxylic acids is 1. The number of aromatic amines is 2. The van der Waals surface area contributed by atoms with Gasteiger partial charge in [0.05, 0.1) is 40.1 Å². The van der Waals surface area contributed by atoms with E-state index in [0.29, 0.717) is 40.0 Å². The summed E-state index contributed by atoms with van der Waals surface area (Å²) >= 11 is 0. The maximum absolute atomic E-state index is 11.5. The van der Waals surface area contributed by atoms with Crippen LogP contribution in [-0.2, 0) is 11.3 Å². The van der Waals surface area contributed by atoms with Crippen LogP contribution in [0.4, 0.5) is 11.4 Å². The van der Waals surface area contributed by atoms with Gasteiger partial charge in [-0.25, -0.2) is 9.98 Å². The first-order valence-electron chi connectivity index (χ1n) is 12.1. The molecule has 2 heterocycles. The highest BCUT2D eigenvalue weighted by atomic mass is 16.6. The van der Waals surface area contributed by atoms with Crippen LogP contribution in [0.5, 0.6) is 5.88 Å². The number of aromatic hydroxyl groups is 1. The van der Waals surface area contributed by atoms with Gasteiger partial charge in [-0.05, 0) is 35.4 Å². The number of rotatable bonds is 8. The number of H-pyrrole nitrogens is 2. The lowest BCUT2D eigenvalue weighted by atomic mass is 9.99. The largest absolute Gasteiger partial charge is 0.494 e. The first-order valence-corrected chi connectivity index (χ1v) is 12.1. The topological polar surface area (TPSA) is 149 Å². The molecule has 0 aliphatic carbocycles. The van der Waals surface area contributed by atoms with Gasteiger partial charge in [0.2, 0.25) is 5.91 Å². The van der Waals surface area contributed by atoms with E-state index < -0.39 is 4.92 Å². The Morgan fingerprint density at radius 2 is 1.87 bits per heavy atom. The zero-order valence-corrected chi connectivity index (χ0v) is 20.9. The van der Waals surface area contributed by atoms with Crippen molar-refractivity contribution in [1.29, 1.82) is 0 Å². The number of nitrogens with zero attached hydrogens (tertiary/aromatic N) is 3. The normalized spacial score (nSPS) is 11.8. The summed E-state index contributed by atoms with van der Waals surface area (Å²) in [6, 6.07) is 19.3. The number of fused-ring (bicyclic) bond motifs is 1. The number of benzene rings is 3. The number of hydrogen-bond acceptors (Lipinski definition) is 6. The Kier molecular flexibility index (Phi) is 7.00. The van der Waals surface area contributed by atoms with Gasteiger partial charge >= 0.3 is 0 Å². The minimum atomic E-state index is -0.476. The van der Waals surface area contributed by atoms with Gasteiger partial charge in [-0.1, -0.05) is 42.5 Å². The van der Waals surface area contributed by atoms with Gasteiger partial charge in [0, 0.05) is 42.1 Å². The summed E-state index contributed by atoms with van der Waals surface area (Å²) in [6.07, 6.45) is 7.19. The van der Waals surface area contributed by atoms with E-state index in [9.17, 15) is 20.0 Å². The lowest BCUT2D eigenvalue weighted by molar-refractivity contribution is -0.384. The van der Waals surface area contributed by atoms with Crippen molar-refractivity contribution in [1.82, 2.24) is 20.3 Å². The number of nitro benzene ring substituents is 1. The van der Waals surface area contributed by atoms with E-state index in [0.717, 1.165) is 16.8 Å². The Balaban J connectivity index is 1.58. The van der Waals surface area contributed by atoms with Crippen LogP contribution >= 0.6 is 0 Å². The Bertz CT molecular complexity index is 1700. The molecular formula is C29H24N6O4. The summed E-state index contributed by atoms with van der Waals surface area (Å²) in [5, 5.41) is 25.6. The SMILES string of the molecule is CC(=O)NCc1ccc(C(=Nc2ccc(/C=C/c3cnc[nH]3)cc2)c2c(O)[nH]c3ccc([N+](=O)[O-])cc23)cc1. The van der Waals surface area contributed by atoms with Gasteiger partial charge in [-0.3, -0.25) is 14.9 Å². The van der Waals surface area contributed by atoms with Crippen LogP contribution in [0.15, 0.2) is 84.2 Å². The molecule has 3 aromatic carbocycles. The molecule has 2 aromatic heterocycles. The third kappa shape index (κ3) is 5.75. The number of aromatic nitrogens is 3. The highest BCUT2D eigenvalue weighted by Gasteiger charge is 2.21. The van der Waals surface area contributed by atoms with Crippen LogP contribution in [0.2, 0.25) is 0 Å². The second-order valence-corrected chi connectivity index (χ2v) is 8.83. The van der Waals surface area contributed by atoms with Crippen LogP contribution < -0.4 is 5.32 Å². The van der Waals surface area contributed by atoms with Crippen LogP contribution in [0.1, 0.15) is 34.9 Å². The highest BCUT2D eigenvalue weighted by Crippen LogP contribution is 2.33. The average molecular weight is 521 g/mol. The van der Waals surface area contributed by atoms with E-state index in [1.54, 1.807) is 18.6 Å². The molecule has 39 heavy (non-hydrogen) atoms. The molecule has 0 bridgehead atoms. The zero-order valence-electron chi connectivity index (χ0n) is 20.9. The van der Waals surface area contributed by atoms with Crippen molar-refractivity contribution in [3.8, 4) is 5.88 Å². The van der Waals surface area contributed by atoms with E-state index in [4.69, 9.17) is 4.99 Å². The van der Waals surface area contributed by atoms with Gasteiger partial charge in [-0.2, -0.15) is 0 Å². The number of carbonyl (C=O) groups is 1. The Labute approximate surface area is 222 Å². The van der Waals surface area contributed by atoms with Crippen molar-refractivity contribution in [3.05, 3.63) is 117 Å². The minimum absolute atomic E-state index is 0.0961. The van der Waals surface area contributed by atoms with Gasteiger partial charge in [-0.15, -0.1) is 0 Å². The molecular weight excluding hydrogens is 496 g/mol.